The zero-order chi connectivity index (χ0) is 15.1. The lowest BCUT2D eigenvalue weighted by Crippen LogP contribution is -2.42. The molecule has 1 aliphatic rings. The molecule has 7 heteroatoms. The third-order valence-electron chi connectivity index (χ3n) is 3.58. The number of halogens is 2. The number of hydrogen-bond acceptors (Lipinski definition) is 3. The first-order chi connectivity index (χ1) is 9.99. The highest BCUT2D eigenvalue weighted by Crippen LogP contribution is 2.32. The molecule has 5 nitrogen and oxygen atoms in total. The standard InChI is InChI=1S/C14H13ClFN3O2/c1-7(15)13-18-12-8(16)3-2-4-9(12)19(13)10-5-6-11(20)17-14(10)21/h2-4,7,10H,5-6H2,1H3,(H,17,20,21). The van der Waals surface area contributed by atoms with E-state index >= 15 is 0 Å². The van der Waals surface area contributed by atoms with E-state index < -0.39 is 23.1 Å². The van der Waals surface area contributed by atoms with Crippen molar-refractivity contribution in [2.24, 2.45) is 0 Å². The number of rotatable bonds is 2. The summed E-state index contributed by atoms with van der Waals surface area (Å²) < 4.78 is 15.5. The number of alkyl halides is 1. The molecule has 0 bridgehead atoms. The van der Waals surface area contributed by atoms with Crippen molar-refractivity contribution in [2.75, 3.05) is 0 Å². The Kier molecular flexibility index (Phi) is 3.41. The van der Waals surface area contributed by atoms with Crippen molar-refractivity contribution in [2.45, 2.75) is 31.2 Å². The highest BCUT2D eigenvalue weighted by atomic mass is 35.5. The van der Waals surface area contributed by atoms with Crippen LogP contribution in [0, 0.1) is 5.82 Å². The lowest BCUT2D eigenvalue weighted by molar-refractivity contribution is -0.135. The number of aromatic nitrogens is 2. The van der Waals surface area contributed by atoms with Crippen molar-refractivity contribution in [1.82, 2.24) is 14.9 Å². The number of nitrogens with zero attached hydrogens (tertiary/aromatic N) is 2. The van der Waals surface area contributed by atoms with Crippen LogP contribution in [0.25, 0.3) is 11.0 Å². The second-order valence-corrected chi connectivity index (χ2v) is 5.69. The minimum absolute atomic E-state index is 0.185. The zero-order valence-corrected chi connectivity index (χ0v) is 12.0. The smallest absolute Gasteiger partial charge is 0.249 e. The van der Waals surface area contributed by atoms with E-state index in [0.717, 1.165) is 0 Å². The monoisotopic (exact) mass is 309 g/mol. The van der Waals surface area contributed by atoms with Crippen LogP contribution in [0.3, 0.4) is 0 Å². The molecule has 2 aromatic rings. The van der Waals surface area contributed by atoms with Gasteiger partial charge in [-0.05, 0) is 25.5 Å². The van der Waals surface area contributed by atoms with Gasteiger partial charge in [-0.3, -0.25) is 14.9 Å². The summed E-state index contributed by atoms with van der Waals surface area (Å²) in [6, 6.07) is 3.96. The summed E-state index contributed by atoms with van der Waals surface area (Å²) in [7, 11) is 0. The number of amides is 2. The summed E-state index contributed by atoms with van der Waals surface area (Å²) in [6.07, 6.45) is 0.588. The summed E-state index contributed by atoms with van der Waals surface area (Å²) in [6.45, 7) is 1.71. The summed E-state index contributed by atoms with van der Waals surface area (Å²) in [5, 5.41) is 1.82. The van der Waals surface area contributed by atoms with Gasteiger partial charge in [-0.15, -0.1) is 11.6 Å². The fourth-order valence-electron chi connectivity index (χ4n) is 2.64. The highest BCUT2D eigenvalue weighted by Gasteiger charge is 2.32. The second-order valence-electron chi connectivity index (χ2n) is 5.03. The number of imidazole rings is 1. The van der Waals surface area contributed by atoms with E-state index in [1.807, 2.05) is 0 Å². The van der Waals surface area contributed by atoms with Gasteiger partial charge in [-0.2, -0.15) is 0 Å². The maximum atomic E-state index is 13.9. The molecule has 2 atom stereocenters. The molecule has 0 aliphatic carbocycles. The Morgan fingerprint density at radius 3 is 2.90 bits per heavy atom. The minimum Gasteiger partial charge on any atom is -0.314 e. The molecule has 2 amide bonds. The summed E-state index contributed by atoms with van der Waals surface area (Å²) in [5.41, 5.74) is 0.691. The Morgan fingerprint density at radius 2 is 2.24 bits per heavy atom. The number of benzene rings is 1. The zero-order valence-electron chi connectivity index (χ0n) is 11.3. The second kappa shape index (κ2) is 5.11. The van der Waals surface area contributed by atoms with Crippen molar-refractivity contribution in [3.8, 4) is 0 Å². The van der Waals surface area contributed by atoms with Crippen LogP contribution in [0.2, 0.25) is 0 Å². The molecule has 1 N–H and O–H groups in total. The van der Waals surface area contributed by atoms with Gasteiger partial charge in [0.25, 0.3) is 0 Å². The molecule has 2 heterocycles. The van der Waals surface area contributed by atoms with Crippen LogP contribution in [-0.4, -0.2) is 21.4 Å². The van der Waals surface area contributed by atoms with Gasteiger partial charge in [0.05, 0.1) is 10.9 Å². The lowest BCUT2D eigenvalue weighted by Gasteiger charge is -2.24. The van der Waals surface area contributed by atoms with E-state index in [0.29, 0.717) is 17.8 Å². The summed E-state index contributed by atoms with van der Waals surface area (Å²) >= 11 is 6.12. The van der Waals surface area contributed by atoms with Gasteiger partial charge in [0.15, 0.2) is 5.82 Å². The van der Waals surface area contributed by atoms with Crippen molar-refractivity contribution in [3.63, 3.8) is 0 Å². The number of imide groups is 1. The number of carbonyl (C=O) groups excluding carboxylic acids is 2. The minimum atomic E-state index is -0.606. The van der Waals surface area contributed by atoms with E-state index in [2.05, 4.69) is 10.3 Å². The van der Waals surface area contributed by atoms with Gasteiger partial charge in [0.1, 0.15) is 17.4 Å². The summed E-state index contributed by atoms with van der Waals surface area (Å²) in [4.78, 5) is 27.6. The van der Waals surface area contributed by atoms with E-state index in [1.165, 1.54) is 6.07 Å². The van der Waals surface area contributed by atoms with Gasteiger partial charge in [-0.25, -0.2) is 9.37 Å². The van der Waals surface area contributed by atoms with Gasteiger partial charge in [0, 0.05) is 6.42 Å². The Labute approximate surface area is 125 Å². The molecular formula is C14H13ClFN3O2. The van der Waals surface area contributed by atoms with E-state index in [4.69, 9.17) is 11.6 Å². The summed E-state index contributed by atoms with van der Waals surface area (Å²) in [5.74, 6) is -0.746. The molecule has 1 aromatic carbocycles. The third-order valence-corrected chi connectivity index (χ3v) is 3.77. The van der Waals surface area contributed by atoms with Gasteiger partial charge >= 0.3 is 0 Å². The Morgan fingerprint density at radius 1 is 1.48 bits per heavy atom. The van der Waals surface area contributed by atoms with Crippen molar-refractivity contribution in [1.29, 1.82) is 0 Å². The topological polar surface area (TPSA) is 64.0 Å². The number of fused-ring (bicyclic) bond motifs is 1. The van der Waals surface area contributed by atoms with E-state index in [-0.39, 0.29) is 17.8 Å². The first kappa shape index (κ1) is 14.0. The van der Waals surface area contributed by atoms with E-state index in [9.17, 15) is 14.0 Å². The molecule has 0 spiro atoms. The molecule has 1 aliphatic heterocycles. The molecule has 3 rings (SSSR count). The molecule has 1 aromatic heterocycles. The average molecular weight is 310 g/mol. The number of hydrogen-bond donors (Lipinski definition) is 1. The molecule has 1 saturated heterocycles. The normalized spacial score (nSPS) is 20.6. The van der Waals surface area contributed by atoms with Crippen molar-refractivity contribution < 1.29 is 14.0 Å². The molecule has 0 saturated carbocycles. The van der Waals surface area contributed by atoms with Gasteiger partial charge in [0.2, 0.25) is 11.8 Å². The average Bonchev–Trinajstić information content (AvgIpc) is 2.80. The van der Waals surface area contributed by atoms with Crippen LogP contribution in [0.4, 0.5) is 4.39 Å². The Balaban J connectivity index is 2.20. The fourth-order valence-corrected chi connectivity index (χ4v) is 2.79. The lowest BCUT2D eigenvalue weighted by atomic mass is 10.1. The van der Waals surface area contributed by atoms with Crippen LogP contribution in [-0.2, 0) is 9.59 Å². The molecule has 21 heavy (non-hydrogen) atoms. The SMILES string of the molecule is CC(Cl)c1nc2c(F)cccc2n1C1CCC(=O)NC1=O. The molecular weight excluding hydrogens is 297 g/mol. The third kappa shape index (κ3) is 2.29. The van der Waals surface area contributed by atoms with Crippen molar-refractivity contribution >= 4 is 34.4 Å². The van der Waals surface area contributed by atoms with Crippen LogP contribution in [0.5, 0.6) is 0 Å². The maximum Gasteiger partial charge on any atom is 0.249 e. The van der Waals surface area contributed by atoms with Crippen molar-refractivity contribution in [3.05, 3.63) is 29.8 Å². The number of nitrogens with one attached hydrogen (secondary N) is 1. The predicted molar refractivity (Wildman–Crippen MR) is 75.4 cm³/mol. The number of carbonyl (C=O) groups is 2. The fraction of sp³-hybridized carbons (Fsp3) is 0.357. The van der Waals surface area contributed by atoms with E-state index in [1.54, 1.807) is 23.6 Å². The van der Waals surface area contributed by atoms with Crippen LogP contribution in [0.1, 0.15) is 37.0 Å². The van der Waals surface area contributed by atoms with Crippen LogP contribution < -0.4 is 5.32 Å². The predicted octanol–water partition coefficient (Wildman–Crippen LogP) is 2.45. The largest absolute Gasteiger partial charge is 0.314 e. The van der Waals surface area contributed by atoms with Crippen LogP contribution in [0.15, 0.2) is 18.2 Å². The molecule has 110 valence electrons. The number of para-hydroxylation sites is 1. The first-order valence-corrected chi connectivity index (χ1v) is 7.07. The first-order valence-electron chi connectivity index (χ1n) is 6.63. The molecule has 1 fully saturated rings. The molecule has 2 unspecified atom stereocenters. The van der Waals surface area contributed by atoms with Gasteiger partial charge < -0.3 is 4.57 Å². The number of piperidine rings is 1. The highest BCUT2D eigenvalue weighted by molar-refractivity contribution is 6.20. The van der Waals surface area contributed by atoms with Gasteiger partial charge in [-0.1, -0.05) is 6.07 Å². The Bertz CT molecular complexity index is 741. The maximum absolute atomic E-state index is 13.9. The molecule has 0 radical (unpaired) electrons. The Hall–Kier alpha value is -1.95. The quantitative estimate of drug-likeness (QED) is 0.684. The van der Waals surface area contributed by atoms with Crippen LogP contribution >= 0.6 is 11.6 Å².